The first kappa shape index (κ1) is 13.0. The van der Waals surface area contributed by atoms with Crippen molar-refractivity contribution in [2.24, 2.45) is 0 Å². The highest BCUT2D eigenvalue weighted by Gasteiger charge is 2.20. The summed E-state index contributed by atoms with van der Waals surface area (Å²) in [5.41, 5.74) is 2.00. The molecule has 3 nitrogen and oxygen atoms in total. The fourth-order valence-corrected chi connectivity index (χ4v) is 2.45. The highest BCUT2D eigenvalue weighted by molar-refractivity contribution is 6.35. The highest BCUT2D eigenvalue weighted by Crippen LogP contribution is 2.36. The molecule has 0 amide bonds. The first-order chi connectivity index (χ1) is 9.66. The number of hydrogen-bond donors (Lipinski definition) is 0. The number of carbonyl (C=O) groups is 1. The maximum atomic E-state index is 12.6. The van der Waals surface area contributed by atoms with Crippen LogP contribution in [0.1, 0.15) is 21.5 Å². The van der Waals surface area contributed by atoms with E-state index in [-0.39, 0.29) is 5.78 Å². The van der Waals surface area contributed by atoms with Crippen LogP contribution in [0, 0.1) is 6.92 Å². The lowest BCUT2D eigenvalue weighted by Gasteiger charge is -2.19. The van der Waals surface area contributed by atoms with E-state index in [2.05, 4.69) is 0 Å². The van der Waals surface area contributed by atoms with E-state index < -0.39 is 0 Å². The van der Waals surface area contributed by atoms with Crippen molar-refractivity contribution in [3.63, 3.8) is 0 Å². The lowest BCUT2D eigenvalue weighted by molar-refractivity contribution is 0.103. The fourth-order valence-electron chi connectivity index (χ4n) is 2.21. The molecule has 0 fully saturated rings. The van der Waals surface area contributed by atoms with E-state index in [9.17, 15) is 4.79 Å². The third-order valence-corrected chi connectivity index (χ3v) is 3.58. The zero-order valence-electron chi connectivity index (χ0n) is 11.0. The zero-order chi connectivity index (χ0) is 14.1. The summed E-state index contributed by atoms with van der Waals surface area (Å²) >= 11 is 6.20. The van der Waals surface area contributed by atoms with Crippen LogP contribution >= 0.6 is 11.6 Å². The number of carbonyl (C=O) groups excluding carboxylic acids is 1. The van der Waals surface area contributed by atoms with Crippen LogP contribution in [0.25, 0.3) is 0 Å². The van der Waals surface area contributed by atoms with Crippen molar-refractivity contribution in [2.45, 2.75) is 6.92 Å². The van der Waals surface area contributed by atoms with E-state index in [1.54, 1.807) is 18.2 Å². The number of halogens is 1. The smallest absolute Gasteiger partial charge is 0.194 e. The van der Waals surface area contributed by atoms with Crippen molar-refractivity contribution in [3.05, 3.63) is 58.1 Å². The second-order valence-electron chi connectivity index (χ2n) is 4.62. The molecular formula is C16H13ClO3. The predicted molar refractivity (Wildman–Crippen MR) is 77.1 cm³/mol. The van der Waals surface area contributed by atoms with E-state index in [1.165, 1.54) is 0 Å². The normalized spacial score (nSPS) is 13.1. The Morgan fingerprint density at radius 2 is 1.70 bits per heavy atom. The SMILES string of the molecule is Cc1ccccc1C(=O)c1cc2c(cc1Cl)OCCO2. The highest BCUT2D eigenvalue weighted by atomic mass is 35.5. The van der Waals surface area contributed by atoms with Gasteiger partial charge in [-0.15, -0.1) is 0 Å². The van der Waals surface area contributed by atoms with Crippen molar-refractivity contribution in [2.75, 3.05) is 13.2 Å². The molecule has 0 radical (unpaired) electrons. The van der Waals surface area contributed by atoms with Crippen molar-refractivity contribution in [3.8, 4) is 11.5 Å². The van der Waals surface area contributed by atoms with Gasteiger partial charge in [0, 0.05) is 17.2 Å². The summed E-state index contributed by atoms with van der Waals surface area (Å²) in [5.74, 6) is 1.05. The van der Waals surface area contributed by atoms with Crippen LogP contribution in [0.2, 0.25) is 5.02 Å². The Bertz CT molecular complexity index is 679. The Hall–Kier alpha value is -2.00. The monoisotopic (exact) mass is 288 g/mol. The number of rotatable bonds is 2. The first-order valence-electron chi connectivity index (χ1n) is 6.36. The van der Waals surface area contributed by atoms with Crippen molar-refractivity contribution >= 4 is 17.4 Å². The molecule has 0 bridgehead atoms. The Kier molecular flexibility index (Phi) is 3.36. The van der Waals surface area contributed by atoms with E-state index >= 15 is 0 Å². The molecule has 3 rings (SSSR count). The molecular weight excluding hydrogens is 276 g/mol. The molecule has 0 aliphatic carbocycles. The summed E-state index contributed by atoms with van der Waals surface area (Å²) in [5, 5.41) is 0.377. The van der Waals surface area contributed by atoms with Gasteiger partial charge in [-0.1, -0.05) is 35.9 Å². The maximum absolute atomic E-state index is 12.6. The molecule has 1 heterocycles. The summed E-state index contributed by atoms with van der Waals surface area (Å²) < 4.78 is 10.9. The van der Waals surface area contributed by atoms with Crippen LogP contribution in [0.5, 0.6) is 11.5 Å². The van der Waals surface area contributed by atoms with E-state index in [1.807, 2.05) is 25.1 Å². The lowest BCUT2D eigenvalue weighted by Crippen LogP contribution is -2.16. The van der Waals surface area contributed by atoms with Crippen LogP contribution in [-0.4, -0.2) is 19.0 Å². The predicted octanol–water partition coefficient (Wildman–Crippen LogP) is 3.65. The van der Waals surface area contributed by atoms with Crippen molar-refractivity contribution < 1.29 is 14.3 Å². The molecule has 0 spiro atoms. The molecule has 1 aliphatic rings. The van der Waals surface area contributed by atoms with Gasteiger partial charge in [-0.3, -0.25) is 4.79 Å². The Morgan fingerprint density at radius 3 is 2.40 bits per heavy atom. The van der Waals surface area contributed by atoms with E-state index in [0.717, 1.165) is 5.56 Å². The third kappa shape index (κ3) is 2.25. The summed E-state index contributed by atoms with van der Waals surface area (Å²) in [6.07, 6.45) is 0. The van der Waals surface area contributed by atoms with Gasteiger partial charge in [0.25, 0.3) is 0 Å². The zero-order valence-corrected chi connectivity index (χ0v) is 11.7. The molecule has 0 aromatic heterocycles. The van der Waals surface area contributed by atoms with Gasteiger partial charge in [0.05, 0.1) is 5.02 Å². The molecule has 2 aromatic carbocycles. The minimum atomic E-state index is -0.106. The van der Waals surface area contributed by atoms with Crippen LogP contribution in [0.4, 0.5) is 0 Å². The van der Waals surface area contributed by atoms with Gasteiger partial charge < -0.3 is 9.47 Å². The molecule has 0 saturated carbocycles. The standard InChI is InChI=1S/C16H13ClO3/c1-10-4-2-3-5-11(10)16(18)12-8-14-15(9-13(12)17)20-7-6-19-14/h2-5,8-9H,6-7H2,1H3. The largest absolute Gasteiger partial charge is 0.486 e. The van der Waals surface area contributed by atoms with Gasteiger partial charge in [-0.05, 0) is 18.6 Å². The Balaban J connectivity index is 2.06. The van der Waals surface area contributed by atoms with Gasteiger partial charge in [0.15, 0.2) is 17.3 Å². The second-order valence-corrected chi connectivity index (χ2v) is 5.03. The van der Waals surface area contributed by atoms with Gasteiger partial charge in [0.1, 0.15) is 13.2 Å². The number of ether oxygens (including phenoxy) is 2. The Labute approximate surface area is 122 Å². The number of hydrogen-bond acceptors (Lipinski definition) is 3. The molecule has 20 heavy (non-hydrogen) atoms. The Morgan fingerprint density at radius 1 is 1.05 bits per heavy atom. The average Bonchev–Trinajstić information content (AvgIpc) is 2.46. The average molecular weight is 289 g/mol. The summed E-state index contributed by atoms with van der Waals surface area (Å²) in [6, 6.07) is 10.7. The second kappa shape index (κ2) is 5.17. The van der Waals surface area contributed by atoms with Gasteiger partial charge >= 0.3 is 0 Å². The summed E-state index contributed by atoms with van der Waals surface area (Å²) in [4.78, 5) is 12.6. The van der Waals surface area contributed by atoms with Crippen molar-refractivity contribution in [1.29, 1.82) is 0 Å². The molecule has 2 aromatic rings. The lowest BCUT2D eigenvalue weighted by atomic mass is 9.99. The van der Waals surface area contributed by atoms with Gasteiger partial charge in [-0.2, -0.15) is 0 Å². The van der Waals surface area contributed by atoms with Crippen LogP contribution < -0.4 is 9.47 Å². The molecule has 0 N–H and O–H groups in total. The quantitative estimate of drug-likeness (QED) is 0.791. The molecule has 102 valence electrons. The number of ketones is 1. The maximum Gasteiger partial charge on any atom is 0.194 e. The third-order valence-electron chi connectivity index (χ3n) is 3.27. The minimum Gasteiger partial charge on any atom is -0.486 e. The minimum absolute atomic E-state index is 0.106. The summed E-state index contributed by atoms with van der Waals surface area (Å²) in [6.45, 7) is 2.88. The number of benzene rings is 2. The topological polar surface area (TPSA) is 35.5 Å². The molecule has 0 unspecified atom stereocenters. The van der Waals surface area contributed by atoms with E-state index in [4.69, 9.17) is 21.1 Å². The fraction of sp³-hybridized carbons (Fsp3) is 0.188. The van der Waals surface area contributed by atoms with Gasteiger partial charge in [-0.25, -0.2) is 0 Å². The summed E-state index contributed by atoms with van der Waals surface area (Å²) in [7, 11) is 0. The number of fused-ring (bicyclic) bond motifs is 1. The van der Waals surface area contributed by atoms with Crippen LogP contribution in [0.3, 0.4) is 0 Å². The molecule has 0 saturated heterocycles. The van der Waals surface area contributed by atoms with Crippen LogP contribution in [-0.2, 0) is 0 Å². The molecule has 0 atom stereocenters. The van der Waals surface area contributed by atoms with Crippen molar-refractivity contribution in [1.82, 2.24) is 0 Å². The molecule has 1 aliphatic heterocycles. The first-order valence-corrected chi connectivity index (χ1v) is 6.74. The molecule has 4 heteroatoms. The van der Waals surface area contributed by atoms with Crippen LogP contribution in [0.15, 0.2) is 36.4 Å². The number of aryl methyl sites for hydroxylation is 1. The van der Waals surface area contributed by atoms with Gasteiger partial charge in [0.2, 0.25) is 0 Å². The van der Waals surface area contributed by atoms with E-state index in [0.29, 0.717) is 40.9 Å².